The van der Waals surface area contributed by atoms with Gasteiger partial charge in [-0.05, 0) is 13.5 Å². The van der Waals surface area contributed by atoms with Gasteiger partial charge in [-0.1, -0.05) is 0 Å². The predicted octanol–water partition coefficient (Wildman–Crippen LogP) is -0.616. The van der Waals surface area contributed by atoms with E-state index in [1.165, 1.54) is 0 Å². The van der Waals surface area contributed by atoms with Crippen molar-refractivity contribution in [3.63, 3.8) is 0 Å². The topological polar surface area (TPSA) is 35.9 Å². The fraction of sp³-hybridized carbons (Fsp3) is 1.00. The van der Waals surface area contributed by atoms with Gasteiger partial charge in [-0.2, -0.15) is 0 Å². The van der Waals surface area contributed by atoms with E-state index in [0.717, 1.165) is 39.3 Å². The highest BCUT2D eigenvalue weighted by atomic mass is 16.5. The lowest BCUT2D eigenvalue weighted by Crippen LogP contribution is -2.57. The molecule has 0 spiro atoms. The molecule has 0 aromatic rings. The standard InChI is InChI=1S/C10H20N2O2/c1-11-3-4-12(10(6-11)7-13)9-2-5-14-8-9/h9-10,13H,2-8H2,1H3. The molecule has 14 heavy (non-hydrogen) atoms. The van der Waals surface area contributed by atoms with E-state index in [1.807, 2.05) is 0 Å². The van der Waals surface area contributed by atoms with Crippen LogP contribution in [0.4, 0.5) is 0 Å². The van der Waals surface area contributed by atoms with Crippen molar-refractivity contribution < 1.29 is 9.84 Å². The van der Waals surface area contributed by atoms with Gasteiger partial charge in [0.05, 0.1) is 13.2 Å². The molecule has 4 heteroatoms. The minimum Gasteiger partial charge on any atom is -0.395 e. The molecule has 2 heterocycles. The molecule has 82 valence electrons. The van der Waals surface area contributed by atoms with Crippen LogP contribution in [-0.2, 0) is 4.74 Å². The lowest BCUT2D eigenvalue weighted by molar-refractivity contribution is 0.0172. The lowest BCUT2D eigenvalue weighted by Gasteiger charge is -2.42. The first kappa shape index (κ1) is 10.4. The minimum atomic E-state index is 0.265. The van der Waals surface area contributed by atoms with Crippen LogP contribution in [0.25, 0.3) is 0 Å². The van der Waals surface area contributed by atoms with Crippen LogP contribution in [0.3, 0.4) is 0 Å². The third-order valence-electron chi connectivity index (χ3n) is 3.32. The summed E-state index contributed by atoms with van der Waals surface area (Å²) in [6, 6.07) is 0.848. The molecule has 0 radical (unpaired) electrons. The van der Waals surface area contributed by atoms with Crippen molar-refractivity contribution in [2.45, 2.75) is 18.5 Å². The number of aliphatic hydroxyl groups excluding tert-OH is 1. The van der Waals surface area contributed by atoms with Crippen LogP contribution in [0.2, 0.25) is 0 Å². The maximum atomic E-state index is 9.33. The zero-order valence-electron chi connectivity index (χ0n) is 8.85. The van der Waals surface area contributed by atoms with Crippen LogP contribution in [-0.4, -0.2) is 73.5 Å². The second-order valence-corrected chi connectivity index (χ2v) is 4.35. The summed E-state index contributed by atoms with van der Waals surface area (Å²) < 4.78 is 5.39. The van der Waals surface area contributed by atoms with E-state index in [-0.39, 0.29) is 6.61 Å². The van der Waals surface area contributed by atoms with Crippen LogP contribution >= 0.6 is 0 Å². The van der Waals surface area contributed by atoms with Gasteiger partial charge in [0, 0.05) is 38.3 Å². The van der Waals surface area contributed by atoms with E-state index in [0.29, 0.717) is 12.1 Å². The van der Waals surface area contributed by atoms with E-state index >= 15 is 0 Å². The lowest BCUT2D eigenvalue weighted by atomic mass is 10.1. The molecule has 4 nitrogen and oxygen atoms in total. The fourth-order valence-electron chi connectivity index (χ4n) is 2.45. The van der Waals surface area contributed by atoms with E-state index in [2.05, 4.69) is 16.8 Å². The molecule has 0 aliphatic carbocycles. The maximum Gasteiger partial charge on any atom is 0.0622 e. The fourth-order valence-corrected chi connectivity index (χ4v) is 2.45. The Kier molecular flexibility index (Phi) is 3.38. The minimum absolute atomic E-state index is 0.265. The molecule has 1 N–H and O–H groups in total. The first-order valence-corrected chi connectivity index (χ1v) is 5.44. The average molecular weight is 200 g/mol. The van der Waals surface area contributed by atoms with E-state index in [9.17, 15) is 5.11 Å². The number of rotatable bonds is 2. The smallest absolute Gasteiger partial charge is 0.0622 e. The zero-order valence-corrected chi connectivity index (χ0v) is 8.85. The van der Waals surface area contributed by atoms with Crippen LogP contribution in [0.5, 0.6) is 0 Å². The molecule has 2 rings (SSSR count). The first-order valence-electron chi connectivity index (χ1n) is 5.44. The summed E-state index contributed by atoms with van der Waals surface area (Å²) >= 11 is 0. The predicted molar refractivity (Wildman–Crippen MR) is 54.3 cm³/mol. The number of piperazine rings is 1. The summed E-state index contributed by atoms with van der Waals surface area (Å²) in [7, 11) is 2.12. The largest absolute Gasteiger partial charge is 0.395 e. The molecule has 2 saturated heterocycles. The highest BCUT2D eigenvalue weighted by Gasteiger charge is 2.32. The van der Waals surface area contributed by atoms with Crippen molar-refractivity contribution in [3.8, 4) is 0 Å². The van der Waals surface area contributed by atoms with Gasteiger partial charge in [-0.25, -0.2) is 0 Å². The molecular formula is C10H20N2O2. The Morgan fingerprint density at radius 1 is 1.43 bits per heavy atom. The van der Waals surface area contributed by atoms with Crippen LogP contribution in [0.15, 0.2) is 0 Å². The van der Waals surface area contributed by atoms with Gasteiger partial charge in [-0.15, -0.1) is 0 Å². The molecular weight excluding hydrogens is 180 g/mol. The maximum absolute atomic E-state index is 9.33. The van der Waals surface area contributed by atoms with Gasteiger partial charge in [-0.3, -0.25) is 4.90 Å². The molecule has 2 fully saturated rings. The van der Waals surface area contributed by atoms with Crippen LogP contribution in [0, 0.1) is 0 Å². The molecule has 0 aromatic heterocycles. The molecule has 2 aliphatic heterocycles. The van der Waals surface area contributed by atoms with E-state index in [4.69, 9.17) is 4.74 Å². The number of ether oxygens (including phenoxy) is 1. The number of aliphatic hydroxyl groups is 1. The second-order valence-electron chi connectivity index (χ2n) is 4.35. The molecule has 0 aromatic carbocycles. The number of nitrogens with zero attached hydrogens (tertiary/aromatic N) is 2. The normalized spacial score (nSPS) is 36.4. The van der Waals surface area contributed by atoms with Gasteiger partial charge in [0.2, 0.25) is 0 Å². The highest BCUT2D eigenvalue weighted by Crippen LogP contribution is 2.18. The quantitative estimate of drug-likeness (QED) is 0.645. The summed E-state index contributed by atoms with van der Waals surface area (Å²) in [5, 5.41) is 9.33. The third-order valence-corrected chi connectivity index (χ3v) is 3.32. The van der Waals surface area contributed by atoms with Crippen LogP contribution in [0.1, 0.15) is 6.42 Å². The van der Waals surface area contributed by atoms with Crippen molar-refractivity contribution in [2.24, 2.45) is 0 Å². The summed E-state index contributed by atoms with van der Waals surface area (Å²) in [5.74, 6) is 0. The molecule has 0 amide bonds. The van der Waals surface area contributed by atoms with E-state index < -0.39 is 0 Å². The molecule has 2 unspecified atom stereocenters. The Hall–Kier alpha value is -0.160. The number of likely N-dealkylation sites (N-methyl/N-ethyl adjacent to an activating group) is 1. The summed E-state index contributed by atoms with van der Waals surface area (Å²) in [5.41, 5.74) is 0. The van der Waals surface area contributed by atoms with Crippen molar-refractivity contribution in [1.29, 1.82) is 0 Å². The average Bonchev–Trinajstić information content (AvgIpc) is 2.70. The monoisotopic (exact) mass is 200 g/mol. The summed E-state index contributed by atoms with van der Waals surface area (Å²) in [6.45, 7) is 5.14. The first-order chi connectivity index (χ1) is 6.81. The van der Waals surface area contributed by atoms with Crippen LogP contribution < -0.4 is 0 Å². The van der Waals surface area contributed by atoms with Gasteiger partial charge >= 0.3 is 0 Å². The Morgan fingerprint density at radius 2 is 2.29 bits per heavy atom. The van der Waals surface area contributed by atoms with Gasteiger partial charge < -0.3 is 14.7 Å². The Balaban J connectivity index is 1.94. The Labute approximate surface area is 85.4 Å². The second kappa shape index (κ2) is 4.57. The highest BCUT2D eigenvalue weighted by molar-refractivity contribution is 4.86. The van der Waals surface area contributed by atoms with Crippen molar-refractivity contribution in [2.75, 3.05) is 46.5 Å². The van der Waals surface area contributed by atoms with Gasteiger partial charge in [0.1, 0.15) is 0 Å². The van der Waals surface area contributed by atoms with E-state index in [1.54, 1.807) is 0 Å². The number of hydrogen-bond acceptors (Lipinski definition) is 4. The van der Waals surface area contributed by atoms with Crippen molar-refractivity contribution in [1.82, 2.24) is 9.80 Å². The molecule has 0 saturated carbocycles. The Morgan fingerprint density at radius 3 is 2.93 bits per heavy atom. The summed E-state index contributed by atoms with van der Waals surface area (Å²) in [6.07, 6.45) is 1.13. The number of hydrogen-bond donors (Lipinski definition) is 1. The molecule has 2 atom stereocenters. The van der Waals surface area contributed by atoms with Crippen molar-refractivity contribution >= 4 is 0 Å². The summed E-state index contributed by atoms with van der Waals surface area (Å²) in [4.78, 5) is 4.71. The van der Waals surface area contributed by atoms with Gasteiger partial charge in [0.15, 0.2) is 0 Å². The molecule has 0 bridgehead atoms. The SMILES string of the molecule is CN1CCN(C2CCOC2)C(CO)C1. The van der Waals surface area contributed by atoms with Gasteiger partial charge in [0.25, 0.3) is 0 Å². The van der Waals surface area contributed by atoms with Crippen molar-refractivity contribution in [3.05, 3.63) is 0 Å². The molecule has 2 aliphatic rings. The third kappa shape index (κ3) is 2.08. The Bertz CT molecular complexity index is 183. The zero-order chi connectivity index (χ0) is 9.97.